The molecule has 2 atom stereocenters. The van der Waals surface area contributed by atoms with Gasteiger partial charge in [-0.05, 0) is 85.8 Å². The molecule has 0 spiro atoms. The topological polar surface area (TPSA) is 67.4 Å². The van der Waals surface area contributed by atoms with E-state index in [4.69, 9.17) is 9.72 Å². The minimum absolute atomic E-state index is 0.156. The van der Waals surface area contributed by atoms with Gasteiger partial charge in [-0.1, -0.05) is 6.07 Å². The highest BCUT2D eigenvalue weighted by molar-refractivity contribution is 14.1. The highest BCUT2D eigenvalue weighted by atomic mass is 127. The molecule has 2 unspecified atom stereocenters. The van der Waals surface area contributed by atoms with Gasteiger partial charge < -0.3 is 15.0 Å². The van der Waals surface area contributed by atoms with E-state index in [1.54, 1.807) is 6.20 Å². The van der Waals surface area contributed by atoms with Gasteiger partial charge in [-0.3, -0.25) is 9.78 Å². The van der Waals surface area contributed by atoms with Gasteiger partial charge in [-0.25, -0.2) is 4.98 Å². The smallest absolute Gasteiger partial charge is 0.257 e. The van der Waals surface area contributed by atoms with Crippen LogP contribution >= 0.6 is 22.6 Å². The normalized spacial score (nSPS) is 18.6. The van der Waals surface area contributed by atoms with Crippen LogP contribution in [-0.4, -0.2) is 41.2 Å². The number of halogens is 1. The number of carbonyl (C=O) groups excluding carboxylic acids is 1. The third-order valence-electron chi connectivity index (χ3n) is 5.22. The molecule has 6 nitrogen and oxygen atoms in total. The minimum atomic E-state index is -0.173. The highest BCUT2D eigenvalue weighted by Crippen LogP contribution is 2.27. The van der Waals surface area contributed by atoms with Crippen LogP contribution in [0.1, 0.15) is 29.9 Å². The molecular weight excluding hydrogens is 503 g/mol. The fourth-order valence-corrected chi connectivity index (χ4v) is 4.46. The molecular formula is C24H25IN4O2. The molecule has 3 heterocycles. The zero-order valence-electron chi connectivity index (χ0n) is 17.8. The Morgan fingerprint density at radius 2 is 1.90 bits per heavy atom. The Balaban J connectivity index is 1.53. The van der Waals surface area contributed by atoms with E-state index < -0.39 is 0 Å². The summed E-state index contributed by atoms with van der Waals surface area (Å²) in [4.78, 5) is 24.3. The molecule has 1 saturated heterocycles. The molecule has 0 bridgehead atoms. The summed E-state index contributed by atoms with van der Waals surface area (Å²) in [6.45, 7) is 7.59. The van der Waals surface area contributed by atoms with Gasteiger partial charge in [0.15, 0.2) is 0 Å². The Morgan fingerprint density at radius 1 is 1.13 bits per heavy atom. The van der Waals surface area contributed by atoms with Gasteiger partial charge in [0, 0.05) is 34.1 Å². The van der Waals surface area contributed by atoms with E-state index in [1.807, 2.05) is 55.5 Å². The summed E-state index contributed by atoms with van der Waals surface area (Å²) in [6, 6.07) is 15.4. The summed E-state index contributed by atoms with van der Waals surface area (Å²) in [6.07, 6.45) is 2.08. The van der Waals surface area contributed by atoms with Crippen molar-refractivity contribution >= 4 is 40.0 Å². The number of nitrogens with one attached hydrogen (secondary N) is 1. The number of carbonyl (C=O) groups is 1. The van der Waals surface area contributed by atoms with Crippen molar-refractivity contribution in [2.75, 3.05) is 23.3 Å². The zero-order valence-corrected chi connectivity index (χ0v) is 20.0. The lowest BCUT2D eigenvalue weighted by molar-refractivity contribution is -0.00547. The van der Waals surface area contributed by atoms with Crippen molar-refractivity contribution in [3.63, 3.8) is 0 Å². The van der Waals surface area contributed by atoms with E-state index in [0.717, 1.165) is 39.4 Å². The summed E-state index contributed by atoms with van der Waals surface area (Å²) in [5.74, 6) is 0.705. The molecule has 160 valence electrons. The monoisotopic (exact) mass is 528 g/mol. The Labute approximate surface area is 196 Å². The first-order valence-electron chi connectivity index (χ1n) is 10.3. The summed E-state index contributed by atoms with van der Waals surface area (Å²) in [5, 5.41) is 3.01. The van der Waals surface area contributed by atoms with E-state index >= 15 is 0 Å². The molecule has 0 radical (unpaired) electrons. The molecule has 1 fully saturated rings. The van der Waals surface area contributed by atoms with Crippen LogP contribution in [0.2, 0.25) is 0 Å². The van der Waals surface area contributed by atoms with Gasteiger partial charge in [-0.15, -0.1) is 0 Å². The maximum absolute atomic E-state index is 13.0. The summed E-state index contributed by atoms with van der Waals surface area (Å²) >= 11 is 2.28. The van der Waals surface area contributed by atoms with Crippen molar-refractivity contribution in [1.29, 1.82) is 0 Å². The molecule has 31 heavy (non-hydrogen) atoms. The number of rotatable bonds is 4. The zero-order chi connectivity index (χ0) is 22.0. The Bertz CT molecular complexity index is 1080. The Hall–Kier alpha value is -2.52. The number of aromatic nitrogens is 2. The number of pyridine rings is 2. The Morgan fingerprint density at radius 3 is 2.58 bits per heavy atom. The van der Waals surface area contributed by atoms with Crippen LogP contribution in [0, 0.1) is 10.5 Å². The predicted molar refractivity (Wildman–Crippen MR) is 132 cm³/mol. The summed E-state index contributed by atoms with van der Waals surface area (Å²) in [7, 11) is 0. The average molecular weight is 528 g/mol. The third kappa shape index (κ3) is 5.04. The van der Waals surface area contributed by atoms with Crippen LogP contribution < -0.4 is 10.2 Å². The fraction of sp³-hybridized carbons (Fsp3) is 0.292. The second kappa shape index (κ2) is 9.32. The molecule has 3 aromatic rings. The van der Waals surface area contributed by atoms with E-state index in [1.165, 1.54) is 0 Å². The first-order chi connectivity index (χ1) is 14.9. The lowest BCUT2D eigenvalue weighted by atomic mass is 10.1. The van der Waals surface area contributed by atoms with Crippen LogP contribution in [0.15, 0.2) is 54.7 Å². The number of morpholine rings is 1. The Kier molecular flexibility index (Phi) is 6.52. The third-order valence-corrected chi connectivity index (χ3v) is 6.17. The molecule has 0 aliphatic carbocycles. The minimum Gasteiger partial charge on any atom is -0.372 e. The fourth-order valence-electron chi connectivity index (χ4n) is 3.85. The van der Waals surface area contributed by atoms with Crippen molar-refractivity contribution in [2.45, 2.75) is 33.0 Å². The van der Waals surface area contributed by atoms with Crippen LogP contribution in [-0.2, 0) is 4.74 Å². The highest BCUT2D eigenvalue weighted by Gasteiger charge is 2.24. The maximum Gasteiger partial charge on any atom is 0.257 e. The van der Waals surface area contributed by atoms with Crippen molar-refractivity contribution in [3.05, 3.63) is 69.6 Å². The molecule has 1 aliphatic heterocycles. The van der Waals surface area contributed by atoms with Crippen LogP contribution in [0.25, 0.3) is 11.3 Å². The first-order valence-corrected chi connectivity index (χ1v) is 11.4. The number of nitrogens with zero attached hydrogens (tertiary/aromatic N) is 3. The number of aryl methyl sites for hydroxylation is 1. The molecule has 0 saturated carbocycles. The molecule has 1 amide bonds. The van der Waals surface area contributed by atoms with E-state index in [9.17, 15) is 4.79 Å². The lowest BCUT2D eigenvalue weighted by Gasteiger charge is -2.36. The van der Waals surface area contributed by atoms with Gasteiger partial charge >= 0.3 is 0 Å². The molecule has 2 aromatic heterocycles. The van der Waals surface area contributed by atoms with Crippen LogP contribution in [0.3, 0.4) is 0 Å². The quantitative estimate of drug-likeness (QED) is 0.487. The maximum atomic E-state index is 13.0. The van der Waals surface area contributed by atoms with Crippen molar-refractivity contribution in [3.8, 4) is 11.3 Å². The number of hydrogen-bond acceptors (Lipinski definition) is 5. The number of anilines is 2. The molecule has 4 rings (SSSR count). The number of amides is 1. The van der Waals surface area contributed by atoms with Crippen molar-refractivity contribution in [1.82, 2.24) is 9.97 Å². The lowest BCUT2D eigenvalue weighted by Crippen LogP contribution is -2.45. The molecule has 1 N–H and O–H groups in total. The summed E-state index contributed by atoms with van der Waals surface area (Å²) in [5.41, 5.74) is 3.86. The van der Waals surface area contributed by atoms with Crippen LogP contribution in [0.4, 0.5) is 11.5 Å². The van der Waals surface area contributed by atoms with E-state index in [2.05, 4.69) is 51.6 Å². The van der Waals surface area contributed by atoms with Gasteiger partial charge in [-0.2, -0.15) is 0 Å². The van der Waals surface area contributed by atoms with Crippen LogP contribution in [0.5, 0.6) is 0 Å². The SMILES string of the molecule is Cc1nc(N2CC(C)OC(C)C2)ccc1C(=O)Nc1ccc(I)c(-c2ccccn2)c1. The van der Waals surface area contributed by atoms with Gasteiger partial charge in [0.2, 0.25) is 0 Å². The van der Waals surface area contributed by atoms with Crippen molar-refractivity contribution in [2.24, 2.45) is 0 Å². The number of ether oxygens (including phenoxy) is 1. The largest absolute Gasteiger partial charge is 0.372 e. The molecule has 7 heteroatoms. The second-order valence-corrected chi connectivity index (χ2v) is 8.99. The van der Waals surface area contributed by atoms with Crippen molar-refractivity contribution < 1.29 is 9.53 Å². The average Bonchev–Trinajstić information content (AvgIpc) is 2.75. The van der Waals surface area contributed by atoms with E-state index in [0.29, 0.717) is 11.3 Å². The van der Waals surface area contributed by atoms with Gasteiger partial charge in [0.25, 0.3) is 5.91 Å². The standard InChI is InChI=1S/C24H25IN4O2/c1-15-13-29(14-16(2)31-15)23-10-8-19(17(3)27-23)24(30)28-18-7-9-21(25)20(12-18)22-6-4-5-11-26-22/h4-12,15-16H,13-14H2,1-3H3,(H,28,30). The second-order valence-electron chi connectivity index (χ2n) is 7.83. The van der Waals surface area contributed by atoms with E-state index in [-0.39, 0.29) is 18.1 Å². The van der Waals surface area contributed by atoms with Gasteiger partial charge in [0.05, 0.1) is 29.2 Å². The van der Waals surface area contributed by atoms with Gasteiger partial charge in [0.1, 0.15) is 5.82 Å². The molecule has 1 aliphatic rings. The summed E-state index contributed by atoms with van der Waals surface area (Å²) < 4.78 is 6.88. The first kappa shape index (κ1) is 21.7. The number of hydrogen-bond donors (Lipinski definition) is 1. The predicted octanol–water partition coefficient (Wildman–Crippen LogP) is 4.92. The number of benzene rings is 1. The molecule has 1 aromatic carbocycles.